The van der Waals surface area contributed by atoms with E-state index in [1.54, 1.807) is 0 Å². The van der Waals surface area contributed by atoms with E-state index in [-0.39, 0.29) is 11.8 Å². The fraction of sp³-hybridized carbons (Fsp3) is 0.667. The third kappa shape index (κ3) is 6.30. The Hall–Kier alpha value is -1.88. The van der Waals surface area contributed by atoms with E-state index in [9.17, 15) is 9.59 Å². The van der Waals surface area contributed by atoms with Gasteiger partial charge in [0.15, 0.2) is 0 Å². The number of hydrogen-bond donors (Lipinski definition) is 2. The molecule has 1 heterocycles. The van der Waals surface area contributed by atoms with Gasteiger partial charge in [-0.1, -0.05) is 17.2 Å². The van der Waals surface area contributed by atoms with Crippen LogP contribution >= 0.6 is 0 Å². The molecule has 1 unspecified atom stereocenters. The molecule has 0 spiro atoms. The van der Waals surface area contributed by atoms with Crippen molar-refractivity contribution >= 4 is 11.8 Å². The maximum Gasteiger partial charge on any atom is 0.251 e. The standard InChI is InChI=1S/C24H37N3O2/c1-17-12-18(2)14-21(13-17)24(29)26-15-20-7-9-22(10-8-20)25-16-23(28)27-11-5-4-6-19(27)3/h12-14,19-20,22,25H,4-11,15-16H2,1-3H3,(H,26,29)/t19?,20-,22+. The quantitative estimate of drug-likeness (QED) is 0.769. The molecule has 1 saturated carbocycles. The highest BCUT2D eigenvalue weighted by Gasteiger charge is 2.25. The first kappa shape index (κ1) is 21.8. The van der Waals surface area contributed by atoms with E-state index in [0.29, 0.717) is 24.5 Å². The number of nitrogens with one attached hydrogen (secondary N) is 2. The summed E-state index contributed by atoms with van der Waals surface area (Å²) in [6.07, 6.45) is 7.85. The van der Waals surface area contributed by atoms with E-state index >= 15 is 0 Å². The van der Waals surface area contributed by atoms with Gasteiger partial charge in [0.2, 0.25) is 5.91 Å². The molecule has 2 N–H and O–H groups in total. The van der Waals surface area contributed by atoms with Crippen molar-refractivity contribution in [2.45, 2.75) is 77.8 Å². The maximum atomic E-state index is 12.5. The highest BCUT2D eigenvalue weighted by molar-refractivity contribution is 5.94. The molecule has 0 aromatic heterocycles. The second kappa shape index (κ2) is 10.2. The van der Waals surface area contributed by atoms with Crippen molar-refractivity contribution in [3.63, 3.8) is 0 Å². The van der Waals surface area contributed by atoms with E-state index in [2.05, 4.69) is 23.6 Å². The molecule has 0 bridgehead atoms. The first-order valence-electron chi connectivity index (χ1n) is 11.3. The predicted octanol–water partition coefficient (Wildman–Crippen LogP) is 3.58. The van der Waals surface area contributed by atoms with Gasteiger partial charge in [0.05, 0.1) is 6.54 Å². The molecule has 1 aromatic rings. The number of benzene rings is 1. The number of carbonyl (C=O) groups is 2. The topological polar surface area (TPSA) is 61.4 Å². The van der Waals surface area contributed by atoms with Gasteiger partial charge in [-0.05, 0) is 83.8 Å². The van der Waals surface area contributed by atoms with E-state index in [1.807, 2.05) is 30.9 Å². The minimum absolute atomic E-state index is 0.0262. The summed E-state index contributed by atoms with van der Waals surface area (Å²) in [7, 11) is 0. The molecule has 160 valence electrons. The average Bonchev–Trinajstić information content (AvgIpc) is 2.70. The van der Waals surface area contributed by atoms with Crippen molar-refractivity contribution in [3.05, 3.63) is 34.9 Å². The van der Waals surface area contributed by atoms with E-state index < -0.39 is 0 Å². The molecule has 2 fully saturated rings. The summed E-state index contributed by atoms with van der Waals surface area (Å²) >= 11 is 0. The molecule has 2 aliphatic rings. The zero-order valence-corrected chi connectivity index (χ0v) is 18.3. The smallest absolute Gasteiger partial charge is 0.251 e. The molecule has 5 heteroatoms. The molecule has 1 atom stereocenters. The highest BCUT2D eigenvalue weighted by Crippen LogP contribution is 2.24. The summed E-state index contributed by atoms with van der Waals surface area (Å²) in [5.41, 5.74) is 2.99. The molecule has 1 saturated heterocycles. The van der Waals surface area contributed by atoms with Gasteiger partial charge in [0.25, 0.3) is 5.91 Å². The minimum Gasteiger partial charge on any atom is -0.352 e. The average molecular weight is 400 g/mol. The van der Waals surface area contributed by atoms with Crippen LogP contribution in [0.4, 0.5) is 0 Å². The van der Waals surface area contributed by atoms with Crippen LogP contribution in [0.15, 0.2) is 18.2 Å². The molecule has 1 aliphatic heterocycles. The summed E-state index contributed by atoms with van der Waals surface area (Å²) in [6, 6.07) is 6.79. The van der Waals surface area contributed by atoms with Crippen molar-refractivity contribution < 1.29 is 9.59 Å². The van der Waals surface area contributed by atoms with Gasteiger partial charge in [-0.15, -0.1) is 0 Å². The van der Waals surface area contributed by atoms with Gasteiger partial charge < -0.3 is 15.5 Å². The summed E-state index contributed by atoms with van der Waals surface area (Å²) in [4.78, 5) is 27.0. The number of amides is 2. The van der Waals surface area contributed by atoms with Crippen molar-refractivity contribution in [2.24, 2.45) is 5.92 Å². The molecule has 29 heavy (non-hydrogen) atoms. The van der Waals surface area contributed by atoms with Gasteiger partial charge in [0.1, 0.15) is 0 Å². The SMILES string of the molecule is Cc1cc(C)cc(C(=O)NC[C@H]2CC[C@@H](NCC(=O)N3CCCCC3C)CC2)c1. The van der Waals surface area contributed by atoms with Crippen molar-refractivity contribution in [2.75, 3.05) is 19.6 Å². The fourth-order valence-corrected chi connectivity index (χ4v) is 4.82. The summed E-state index contributed by atoms with van der Waals surface area (Å²) in [5.74, 6) is 0.805. The minimum atomic E-state index is 0.0262. The van der Waals surface area contributed by atoms with Crippen LogP contribution in [0.25, 0.3) is 0 Å². The lowest BCUT2D eigenvalue weighted by Gasteiger charge is -2.34. The summed E-state index contributed by atoms with van der Waals surface area (Å²) in [6.45, 7) is 8.32. The number of carbonyl (C=O) groups excluding carboxylic acids is 2. The zero-order valence-electron chi connectivity index (χ0n) is 18.3. The van der Waals surface area contributed by atoms with E-state index in [4.69, 9.17) is 0 Å². The number of aryl methyl sites for hydroxylation is 2. The Kier molecular flexibility index (Phi) is 7.70. The van der Waals surface area contributed by atoms with Crippen LogP contribution in [0.5, 0.6) is 0 Å². The number of rotatable bonds is 6. The molecule has 5 nitrogen and oxygen atoms in total. The van der Waals surface area contributed by atoms with Crippen LogP contribution in [-0.2, 0) is 4.79 Å². The molecule has 1 aliphatic carbocycles. The van der Waals surface area contributed by atoms with Crippen LogP contribution in [0.3, 0.4) is 0 Å². The predicted molar refractivity (Wildman–Crippen MR) is 117 cm³/mol. The highest BCUT2D eigenvalue weighted by atomic mass is 16.2. The molecular formula is C24H37N3O2. The van der Waals surface area contributed by atoms with Gasteiger partial charge in [0, 0.05) is 30.7 Å². The third-order valence-corrected chi connectivity index (χ3v) is 6.55. The Balaban J connectivity index is 1.36. The Morgan fingerprint density at radius 2 is 1.69 bits per heavy atom. The Labute approximate surface area is 175 Å². The van der Waals surface area contributed by atoms with Gasteiger partial charge in [-0.25, -0.2) is 0 Å². The lowest BCUT2D eigenvalue weighted by atomic mass is 9.86. The van der Waals surface area contributed by atoms with E-state index in [0.717, 1.165) is 68.3 Å². The van der Waals surface area contributed by atoms with Crippen molar-refractivity contribution in [1.82, 2.24) is 15.5 Å². The Morgan fingerprint density at radius 1 is 1.00 bits per heavy atom. The van der Waals surface area contributed by atoms with Crippen LogP contribution in [0.2, 0.25) is 0 Å². The summed E-state index contributed by atoms with van der Waals surface area (Å²) < 4.78 is 0. The lowest BCUT2D eigenvalue weighted by Crippen LogP contribution is -2.48. The van der Waals surface area contributed by atoms with Crippen molar-refractivity contribution in [3.8, 4) is 0 Å². The largest absolute Gasteiger partial charge is 0.352 e. The van der Waals surface area contributed by atoms with Gasteiger partial charge >= 0.3 is 0 Å². The van der Waals surface area contributed by atoms with Gasteiger partial charge in [-0.2, -0.15) is 0 Å². The number of hydrogen-bond acceptors (Lipinski definition) is 3. The van der Waals surface area contributed by atoms with Crippen LogP contribution in [-0.4, -0.2) is 48.4 Å². The molecule has 2 amide bonds. The number of nitrogens with zero attached hydrogens (tertiary/aromatic N) is 1. The fourth-order valence-electron chi connectivity index (χ4n) is 4.82. The molecule has 1 aromatic carbocycles. The second-order valence-corrected chi connectivity index (χ2v) is 9.12. The maximum absolute atomic E-state index is 12.5. The monoisotopic (exact) mass is 399 g/mol. The Bertz CT molecular complexity index is 690. The Morgan fingerprint density at radius 3 is 2.34 bits per heavy atom. The third-order valence-electron chi connectivity index (χ3n) is 6.55. The second-order valence-electron chi connectivity index (χ2n) is 9.12. The van der Waals surface area contributed by atoms with Crippen LogP contribution in [0, 0.1) is 19.8 Å². The van der Waals surface area contributed by atoms with Crippen LogP contribution < -0.4 is 10.6 Å². The van der Waals surface area contributed by atoms with Crippen molar-refractivity contribution in [1.29, 1.82) is 0 Å². The number of piperidine rings is 1. The first-order valence-corrected chi connectivity index (χ1v) is 11.3. The first-order chi connectivity index (χ1) is 13.9. The van der Waals surface area contributed by atoms with E-state index in [1.165, 1.54) is 6.42 Å². The van der Waals surface area contributed by atoms with Crippen LogP contribution in [0.1, 0.15) is 73.4 Å². The van der Waals surface area contributed by atoms with Gasteiger partial charge in [-0.3, -0.25) is 9.59 Å². The zero-order chi connectivity index (χ0) is 20.8. The molecule has 0 radical (unpaired) electrons. The summed E-state index contributed by atoms with van der Waals surface area (Å²) in [5, 5.41) is 6.60. The molecule has 3 rings (SSSR count). The lowest BCUT2D eigenvalue weighted by molar-refractivity contribution is -0.133. The molecular weight excluding hydrogens is 362 g/mol. The number of likely N-dealkylation sites (tertiary alicyclic amines) is 1. The normalized spacial score (nSPS) is 24.9.